The number of thioether (sulfide) groups is 1. The Kier molecular flexibility index (Phi) is 3.14. The van der Waals surface area contributed by atoms with Crippen molar-refractivity contribution in [2.24, 2.45) is 7.05 Å². The van der Waals surface area contributed by atoms with Crippen LogP contribution in [0.25, 0.3) is 0 Å². The van der Waals surface area contributed by atoms with Gasteiger partial charge in [0.15, 0.2) is 0 Å². The second-order valence-corrected chi connectivity index (χ2v) is 4.58. The van der Waals surface area contributed by atoms with Gasteiger partial charge >= 0.3 is 0 Å². The maximum absolute atomic E-state index is 13.0. The first-order valence-corrected chi connectivity index (χ1v) is 5.78. The molecule has 0 aliphatic carbocycles. The van der Waals surface area contributed by atoms with Crippen molar-refractivity contribution in [3.8, 4) is 0 Å². The number of rotatable bonds is 3. The molecule has 0 aliphatic rings. The minimum absolute atomic E-state index is 0.298. The van der Waals surface area contributed by atoms with Gasteiger partial charge in [-0.15, -0.1) is 11.8 Å². The molecule has 2 aromatic rings. The second kappa shape index (κ2) is 4.57. The molecule has 1 aromatic carbocycles. The van der Waals surface area contributed by atoms with Gasteiger partial charge in [0.1, 0.15) is 5.82 Å². The van der Waals surface area contributed by atoms with Gasteiger partial charge in [0.2, 0.25) is 0 Å². The third-order valence-corrected chi connectivity index (χ3v) is 3.10. The number of aromatic nitrogens is 2. The van der Waals surface area contributed by atoms with Gasteiger partial charge in [-0.1, -0.05) is 0 Å². The topological polar surface area (TPSA) is 43.8 Å². The molecule has 2 N–H and O–H groups in total. The van der Waals surface area contributed by atoms with Crippen molar-refractivity contribution in [1.82, 2.24) is 9.78 Å². The fourth-order valence-corrected chi connectivity index (χ4v) is 2.28. The minimum Gasteiger partial charge on any atom is -0.399 e. The molecule has 5 heteroatoms. The highest BCUT2D eigenvalue weighted by atomic mass is 32.2. The van der Waals surface area contributed by atoms with Crippen LogP contribution in [-0.4, -0.2) is 9.78 Å². The zero-order valence-electron chi connectivity index (χ0n) is 8.85. The summed E-state index contributed by atoms with van der Waals surface area (Å²) in [6.45, 7) is 0. The highest BCUT2D eigenvalue weighted by molar-refractivity contribution is 7.98. The van der Waals surface area contributed by atoms with Gasteiger partial charge in [0.05, 0.1) is 6.20 Å². The van der Waals surface area contributed by atoms with Crippen molar-refractivity contribution in [2.45, 2.75) is 10.6 Å². The first-order valence-electron chi connectivity index (χ1n) is 4.80. The summed E-state index contributed by atoms with van der Waals surface area (Å²) in [6, 6.07) is 4.57. The average Bonchev–Trinajstić information content (AvgIpc) is 2.60. The fourth-order valence-electron chi connectivity index (χ4n) is 1.38. The van der Waals surface area contributed by atoms with E-state index in [1.54, 1.807) is 28.7 Å². The average molecular weight is 237 g/mol. The zero-order valence-corrected chi connectivity index (χ0v) is 9.67. The quantitative estimate of drug-likeness (QED) is 0.658. The molecule has 3 nitrogen and oxygen atoms in total. The lowest BCUT2D eigenvalue weighted by Crippen LogP contribution is -1.87. The van der Waals surface area contributed by atoms with E-state index >= 15 is 0 Å². The number of nitrogens with two attached hydrogens (primary N) is 1. The molecule has 0 bridgehead atoms. The van der Waals surface area contributed by atoms with Crippen molar-refractivity contribution in [3.63, 3.8) is 0 Å². The molecule has 0 spiro atoms. The van der Waals surface area contributed by atoms with Crippen molar-refractivity contribution in [2.75, 3.05) is 5.73 Å². The van der Waals surface area contributed by atoms with E-state index < -0.39 is 0 Å². The molecule has 0 aliphatic heterocycles. The number of halogens is 1. The maximum Gasteiger partial charge on any atom is 0.126 e. The predicted octanol–water partition coefficient (Wildman–Crippen LogP) is 2.43. The number of hydrogen-bond donors (Lipinski definition) is 1. The van der Waals surface area contributed by atoms with Crippen molar-refractivity contribution in [3.05, 3.63) is 42.0 Å². The third kappa shape index (κ3) is 2.76. The van der Waals surface area contributed by atoms with Gasteiger partial charge in [-0.3, -0.25) is 4.68 Å². The Morgan fingerprint density at radius 1 is 1.44 bits per heavy atom. The lowest BCUT2D eigenvalue weighted by molar-refractivity contribution is 0.625. The largest absolute Gasteiger partial charge is 0.399 e. The van der Waals surface area contributed by atoms with Crippen LogP contribution in [-0.2, 0) is 12.8 Å². The van der Waals surface area contributed by atoms with E-state index in [0.717, 1.165) is 16.2 Å². The summed E-state index contributed by atoms with van der Waals surface area (Å²) in [7, 11) is 1.87. The van der Waals surface area contributed by atoms with Crippen LogP contribution in [0.5, 0.6) is 0 Å². The molecule has 1 heterocycles. The van der Waals surface area contributed by atoms with Crippen LogP contribution in [0, 0.1) is 5.82 Å². The zero-order chi connectivity index (χ0) is 11.5. The lowest BCUT2D eigenvalue weighted by atomic mass is 10.3. The Labute approximate surface area is 97.5 Å². The van der Waals surface area contributed by atoms with Crippen LogP contribution >= 0.6 is 11.8 Å². The normalized spacial score (nSPS) is 10.6. The van der Waals surface area contributed by atoms with E-state index in [1.807, 2.05) is 13.2 Å². The van der Waals surface area contributed by atoms with Crippen LogP contribution in [0.15, 0.2) is 35.5 Å². The maximum atomic E-state index is 13.0. The number of aryl methyl sites for hydroxylation is 1. The standard InChI is InChI=1S/C11H12FN3S/c1-15-6-8(5-14-15)7-16-11-3-9(12)2-10(13)4-11/h2-6H,7,13H2,1H3. The van der Waals surface area contributed by atoms with Crippen molar-refractivity contribution in [1.29, 1.82) is 0 Å². The molecular formula is C11H12FN3S. The first-order chi connectivity index (χ1) is 7.63. The van der Waals surface area contributed by atoms with E-state index in [1.165, 1.54) is 12.1 Å². The summed E-state index contributed by atoms with van der Waals surface area (Å²) in [5.41, 5.74) is 7.12. The second-order valence-electron chi connectivity index (χ2n) is 3.53. The molecule has 0 unspecified atom stereocenters. The molecule has 16 heavy (non-hydrogen) atoms. The molecule has 2 rings (SSSR count). The number of benzene rings is 1. The molecule has 0 fully saturated rings. The Bertz CT molecular complexity index is 475. The Balaban J connectivity index is 2.04. The van der Waals surface area contributed by atoms with Crippen LogP contribution in [0.4, 0.5) is 10.1 Å². The highest BCUT2D eigenvalue weighted by Crippen LogP contribution is 2.25. The van der Waals surface area contributed by atoms with Crippen LogP contribution in [0.2, 0.25) is 0 Å². The van der Waals surface area contributed by atoms with Crippen LogP contribution in [0.3, 0.4) is 0 Å². The highest BCUT2D eigenvalue weighted by Gasteiger charge is 2.01. The summed E-state index contributed by atoms with van der Waals surface area (Å²) in [6.07, 6.45) is 3.74. The number of nitrogen functional groups attached to an aromatic ring is 1. The summed E-state index contributed by atoms with van der Waals surface area (Å²) in [5, 5.41) is 4.07. The number of nitrogens with zero attached hydrogens (tertiary/aromatic N) is 2. The van der Waals surface area contributed by atoms with Crippen LogP contribution in [0.1, 0.15) is 5.56 Å². The molecule has 0 atom stereocenters. The van der Waals surface area contributed by atoms with Gasteiger partial charge in [-0.25, -0.2) is 4.39 Å². The Morgan fingerprint density at radius 3 is 2.88 bits per heavy atom. The van der Waals surface area contributed by atoms with E-state index in [4.69, 9.17) is 5.73 Å². The van der Waals surface area contributed by atoms with Crippen LogP contribution < -0.4 is 5.73 Å². The molecule has 0 radical (unpaired) electrons. The summed E-state index contributed by atoms with van der Waals surface area (Å²) < 4.78 is 14.8. The Morgan fingerprint density at radius 2 is 2.25 bits per heavy atom. The molecule has 0 saturated carbocycles. The Hall–Kier alpha value is -1.49. The molecule has 84 valence electrons. The monoisotopic (exact) mass is 237 g/mol. The van der Waals surface area contributed by atoms with E-state index in [2.05, 4.69) is 5.10 Å². The van der Waals surface area contributed by atoms with Gasteiger partial charge in [-0.05, 0) is 18.2 Å². The van der Waals surface area contributed by atoms with Gasteiger partial charge in [0, 0.05) is 35.1 Å². The smallest absolute Gasteiger partial charge is 0.126 e. The molecule has 0 amide bonds. The summed E-state index contributed by atoms with van der Waals surface area (Å²) in [4.78, 5) is 0.835. The SMILES string of the molecule is Cn1cc(CSc2cc(N)cc(F)c2)cn1. The third-order valence-electron chi connectivity index (χ3n) is 2.06. The molecular weight excluding hydrogens is 225 g/mol. The summed E-state index contributed by atoms with van der Waals surface area (Å²) in [5.74, 6) is 0.463. The summed E-state index contributed by atoms with van der Waals surface area (Å²) >= 11 is 1.54. The lowest BCUT2D eigenvalue weighted by Gasteiger charge is -2.01. The number of anilines is 1. The van der Waals surface area contributed by atoms with Crippen molar-refractivity contribution >= 4 is 17.4 Å². The first kappa shape index (κ1) is 11.0. The van der Waals surface area contributed by atoms with Gasteiger partial charge < -0.3 is 5.73 Å². The van der Waals surface area contributed by atoms with Gasteiger partial charge in [0.25, 0.3) is 0 Å². The minimum atomic E-state index is -0.298. The van der Waals surface area contributed by atoms with E-state index in [9.17, 15) is 4.39 Å². The van der Waals surface area contributed by atoms with E-state index in [-0.39, 0.29) is 5.82 Å². The predicted molar refractivity (Wildman–Crippen MR) is 63.6 cm³/mol. The molecule has 1 aromatic heterocycles. The fraction of sp³-hybridized carbons (Fsp3) is 0.182. The number of hydrogen-bond acceptors (Lipinski definition) is 3. The van der Waals surface area contributed by atoms with Gasteiger partial charge in [-0.2, -0.15) is 5.10 Å². The molecule has 0 saturated heterocycles. The van der Waals surface area contributed by atoms with E-state index in [0.29, 0.717) is 5.69 Å². The van der Waals surface area contributed by atoms with Crippen molar-refractivity contribution < 1.29 is 4.39 Å².